The molecule has 5 nitrogen and oxygen atoms in total. The van der Waals surface area contributed by atoms with Gasteiger partial charge in [-0.3, -0.25) is 9.69 Å². The molecule has 1 heterocycles. The Labute approximate surface area is 178 Å². The Morgan fingerprint density at radius 2 is 1.86 bits per heavy atom. The van der Waals surface area contributed by atoms with Crippen molar-refractivity contribution in [2.75, 3.05) is 6.61 Å². The molecule has 2 aromatic rings. The molecule has 0 aliphatic carbocycles. The molecule has 0 aromatic heterocycles. The van der Waals surface area contributed by atoms with Gasteiger partial charge in [-0.2, -0.15) is 0 Å². The molecule has 144 valence electrons. The van der Waals surface area contributed by atoms with E-state index in [1.807, 2.05) is 0 Å². The van der Waals surface area contributed by atoms with Gasteiger partial charge in [-0.15, -0.1) is 0 Å². The van der Waals surface area contributed by atoms with Crippen molar-refractivity contribution in [1.82, 2.24) is 10.2 Å². The molecule has 0 radical (unpaired) electrons. The summed E-state index contributed by atoms with van der Waals surface area (Å²) >= 11 is 6.85. The first-order valence-electron chi connectivity index (χ1n) is 8.21. The highest BCUT2D eigenvalue weighted by Crippen LogP contribution is 2.35. The first kappa shape index (κ1) is 20.3. The van der Waals surface area contributed by atoms with Crippen LogP contribution in [-0.4, -0.2) is 23.4 Å². The van der Waals surface area contributed by atoms with Crippen LogP contribution in [0, 0.1) is 5.82 Å². The third-order valence-electron chi connectivity index (χ3n) is 3.93. The first-order chi connectivity index (χ1) is 13.4. The molecular formula is C20H15Br2FN2O3. The van der Waals surface area contributed by atoms with Crippen molar-refractivity contribution in [2.24, 2.45) is 0 Å². The van der Waals surface area contributed by atoms with E-state index in [4.69, 9.17) is 4.74 Å². The van der Waals surface area contributed by atoms with Gasteiger partial charge in [0, 0.05) is 5.56 Å². The summed E-state index contributed by atoms with van der Waals surface area (Å²) in [6, 6.07) is 8.95. The van der Waals surface area contributed by atoms with Crippen LogP contribution >= 0.6 is 31.9 Å². The average molecular weight is 510 g/mol. The lowest BCUT2D eigenvalue weighted by molar-refractivity contribution is -0.123. The fourth-order valence-corrected chi connectivity index (χ4v) is 4.07. The van der Waals surface area contributed by atoms with E-state index in [0.717, 1.165) is 4.90 Å². The van der Waals surface area contributed by atoms with E-state index in [0.29, 0.717) is 26.9 Å². The van der Waals surface area contributed by atoms with Crippen LogP contribution in [0.15, 0.2) is 63.7 Å². The van der Waals surface area contributed by atoms with E-state index < -0.39 is 17.8 Å². The van der Waals surface area contributed by atoms with Crippen LogP contribution in [0.3, 0.4) is 0 Å². The topological polar surface area (TPSA) is 58.6 Å². The Hall–Kier alpha value is -2.45. The second-order valence-corrected chi connectivity index (χ2v) is 7.59. The van der Waals surface area contributed by atoms with Crippen LogP contribution in [0.2, 0.25) is 0 Å². The molecule has 0 unspecified atom stereocenters. The molecule has 2 aromatic carbocycles. The van der Waals surface area contributed by atoms with Crippen molar-refractivity contribution in [3.05, 3.63) is 80.6 Å². The van der Waals surface area contributed by atoms with Crippen LogP contribution in [0.4, 0.5) is 9.18 Å². The highest BCUT2D eigenvalue weighted by Gasteiger charge is 2.34. The van der Waals surface area contributed by atoms with Gasteiger partial charge in [-0.1, -0.05) is 30.9 Å². The number of hydrogen-bond acceptors (Lipinski definition) is 3. The maximum atomic E-state index is 13.8. The number of nitrogens with one attached hydrogen (secondary N) is 1. The van der Waals surface area contributed by atoms with E-state index in [1.165, 1.54) is 12.1 Å². The smallest absolute Gasteiger partial charge is 0.329 e. The fourth-order valence-electron chi connectivity index (χ4n) is 2.62. The van der Waals surface area contributed by atoms with Crippen molar-refractivity contribution >= 4 is 49.9 Å². The monoisotopic (exact) mass is 508 g/mol. The minimum Gasteiger partial charge on any atom is -0.487 e. The molecule has 1 aliphatic heterocycles. The summed E-state index contributed by atoms with van der Waals surface area (Å²) in [5, 5.41) is 2.53. The van der Waals surface area contributed by atoms with Gasteiger partial charge in [0.05, 0.1) is 15.5 Å². The molecule has 3 amide bonds. The van der Waals surface area contributed by atoms with E-state index in [1.54, 1.807) is 36.4 Å². The van der Waals surface area contributed by atoms with E-state index in [9.17, 15) is 14.0 Å². The van der Waals surface area contributed by atoms with Gasteiger partial charge >= 0.3 is 6.03 Å². The third kappa shape index (κ3) is 4.34. The highest BCUT2D eigenvalue weighted by molar-refractivity contribution is 9.11. The predicted octanol–water partition coefficient (Wildman–Crippen LogP) is 5.01. The van der Waals surface area contributed by atoms with Gasteiger partial charge in [-0.05, 0) is 61.7 Å². The van der Waals surface area contributed by atoms with E-state index in [-0.39, 0.29) is 17.8 Å². The zero-order chi connectivity index (χ0) is 20.3. The molecule has 0 atom stereocenters. The number of ether oxygens (including phenoxy) is 1. The highest BCUT2D eigenvalue weighted by atomic mass is 79.9. The second-order valence-electron chi connectivity index (χ2n) is 5.88. The third-order valence-corrected chi connectivity index (χ3v) is 5.10. The molecule has 3 rings (SSSR count). The van der Waals surface area contributed by atoms with Crippen LogP contribution in [0.1, 0.15) is 11.1 Å². The quantitative estimate of drug-likeness (QED) is 0.338. The summed E-state index contributed by atoms with van der Waals surface area (Å²) in [5.74, 6) is -0.388. The predicted molar refractivity (Wildman–Crippen MR) is 111 cm³/mol. The maximum absolute atomic E-state index is 13.8. The Bertz CT molecular complexity index is 968. The number of benzene rings is 2. The molecule has 0 spiro atoms. The molecule has 8 heteroatoms. The molecule has 1 fully saturated rings. The molecule has 1 N–H and O–H groups in total. The molecule has 28 heavy (non-hydrogen) atoms. The number of amides is 3. The van der Waals surface area contributed by atoms with Crippen molar-refractivity contribution in [3.63, 3.8) is 0 Å². The minimum atomic E-state index is -0.594. The average Bonchev–Trinajstić information content (AvgIpc) is 2.90. The summed E-state index contributed by atoms with van der Waals surface area (Å²) in [4.78, 5) is 25.8. The number of rotatable bonds is 6. The van der Waals surface area contributed by atoms with E-state index >= 15 is 0 Å². The Kier molecular flexibility index (Phi) is 6.31. The summed E-state index contributed by atoms with van der Waals surface area (Å²) in [7, 11) is 0. The first-order valence-corrected chi connectivity index (χ1v) is 9.80. The zero-order valence-corrected chi connectivity index (χ0v) is 17.7. The largest absolute Gasteiger partial charge is 0.487 e. The number of urea groups is 1. The number of carbonyl (C=O) groups is 2. The molecular weight excluding hydrogens is 495 g/mol. The summed E-state index contributed by atoms with van der Waals surface area (Å²) in [5.41, 5.74) is 1.04. The lowest BCUT2D eigenvalue weighted by Gasteiger charge is -2.12. The number of halogens is 3. The van der Waals surface area contributed by atoms with Gasteiger partial charge in [0.25, 0.3) is 5.91 Å². The molecule has 1 aliphatic rings. The van der Waals surface area contributed by atoms with Crippen LogP contribution in [0.5, 0.6) is 5.75 Å². The lowest BCUT2D eigenvalue weighted by atomic mass is 10.1. The minimum absolute atomic E-state index is 0.111. The van der Waals surface area contributed by atoms with Gasteiger partial charge in [0.2, 0.25) is 0 Å². The summed E-state index contributed by atoms with van der Waals surface area (Å²) in [6.45, 7) is 3.81. The van der Waals surface area contributed by atoms with Crippen molar-refractivity contribution < 1.29 is 18.7 Å². The van der Waals surface area contributed by atoms with Crippen LogP contribution < -0.4 is 10.1 Å². The van der Waals surface area contributed by atoms with E-state index in [2.05, 4.69) is 43.8 Å². The number of carbonyl (C=O) groups excluding carboxylic acids is 2. The van der Waals surface area contributed by atoms with Gasteiger partial charge in [0.15, 0.2) is 0 Å². The number of imide groups is 1. The number of nitrogens with zero attached hydrogens (tertiary/aromatic N) is 1. The lowest BCUT2D eigenvalue weighted by Crippen LogP contribution is -2.30. The van der Waals surface area contributed by atoms with Crippen molar-refractivity contribution in [2.45, 2.75) is 6.54 Å². The molecule has 0 bridgehead atoms. The van der Waals surface area contributed by atoms with Crippen molar-refractivity contribution in [3.8, 4) is 5.75 Å². The maximum Gasteiger partial charge on any atom is 0.329 e. The summed E-state index contributed by atoms with van der Waals surface area (Å²) in [6.07, 6.45) is 3.18. The normalized spacial score (nSPS) is 15.1. The zero-order valence-electron chi connectivity index (χ0n) is 14.5. The SMILES string of the molecule is C=CCOc1c(Br)cc(/C=C2\NC(=O)N(Cc3ccccc3F)C2=O)cc1Br. The van der Waals surface area contributed by atoms with Gasteiger partial charge in [0.1, 0.15) is 23.9 Å². The fraction of sp³-hybridized carbons (Fsp3) is 0.100. The molecule has 1 saturated heterocycles. The van der Waals surface area contributed by atoms with Gasteiger partial charge < -0.3 is 10.1 Å². The van der Waals surface area contributed by atoms with Crippen LogP contribution in [-0.2, 0) is 11.3 Å². The Balaban J connectivity index is 1.83. The van der Waals surface area contributed by atoms with Gasteiger partial charge in [-0.25, -0.2) is 9.18 Å². The standard InChI is InChI=1S/C20H15Br2FN2O3/c1-2-7-28-18-14(21)8-12(9-15(18)22)10-17-19(26)25(20(27)24-17)11-13-5-3-4-6-16(13)23/h2-6,8-10H,1,7,11H2,(H,24,27)/b17-10-. The number of hydrogen-bond donors (Lipinski definition) is 1. The summed E-state index contributed by atoms with van der Waals surface area (Å²) < 4.78 is 20.8. The Morgan fingerprint density at radius 1 is 1.18 bits per heavy atom. The van der Waals surface area contributed by atoms with Crippen LogP contribution in [0.25, 0.3) is 6.08 Å². The van der Waals surface area contributed by atoms with Crippen molar-refractivity contribution in [1.29, 1.82) is 0 Å². The second kappa shape index (κ2) is 8.70. The molecule has 0 saturated carbocycles. The Morgan fingerprint density at radius 3 is 2.50 bits per heavy atom.